The van der Waals surface area contributed by atoms with Crippen LogP contribution in [0.4, 0.5) is 8.78 Å². The van der Waals surface area contributed by atoms with E-state index < -0.39 is 22.8 Å². The number of aliphatic hydroxyl groups is 1. The van der Waals surface area contributed by atoms with E-state index in [2.05, 4.69) is 11.4 Å². The van der Waals surface area contributed by atoms with E-state index in [-0.39, 0.29) is 51.4 Å². The third kappa shape index (κ3) is 4.14. The molecule has 2 heterocycles. The van der Waals surface area contributed by atoms with Crippen LogP contribution in [0.25, 0.3) is 11.1 Å². The summed E-state index contributed by atoms with van der Waals surface area (Å²) in [6.07, 6.45) is 3.69. The molecule has 0 bridgehead atoms. The van der Waals surface area contributed by atoms with E-state index in [1.807, 2.05) is 44.2 Å². The van der Waals surface area contributed by atoms with Crippen molar-refractivity contribution in [1.29, 1.82) is 5.26 Å². The van der Waals surface area contributed by atoms with Crippen molar-refractivity contribution < 1.29 is 23.4 Å². The molecule has 7 rings (SSSR count). The first kappa shape index (κ1) is 26.7. The van der Waals surface area contributed by atoms with Crippen molar-refractivity contribution in [3.05, 3.63) is 81.4 Å². The topological polar surface area (TPSA) is 74.5 Å². The summed E-state index contributed by atoms with van der Waals surface area (Å²) in [6.45, 7) is 4.27. The summed E-state index contributed by atoms with van der Waals surface area (Å²) in [7, 11) is 0. The summed E-state index contributed by atoms with van der Waals surface area (Å²) in [5.74, 6) is -1.08. The van der Waals surface area contributed by atoms with E-state index in [0.29, 0.717) is 36.3 Å². The maximum absolute atomic E-state index is 16.4. The van der Waals surface area contributed by atoms with E-state index in [0.717, 1.165) is 24.8 Å². The molecule has 0 aromatic heterocycles. The summed E-state index contributed by atoms with van der Waals surface area (Å²) in [5.41, 5.74) is 0.533. The number of nitriles is 1. The number of rotatable bonds is 5. The fourth-order valence-corrected chi connectivity index (χ4v) is 7.39. The van der Waals surface area contributed by atoms with E-state index in [1.165, 1.54) is 6.07 Å². The van der Waals surface area contributed by atoms with Crippen LogP contribution in [0.1, 0.15) is 80.0 Å². The number of hydrogen-bond donors (Lipinski definition) is 2. The summed E-state index contributed by atoms with van der Waals surface area (Å²) in [6, 6.07) is 14.9. The van der Waals surface area contributed by atoms with E-state index in [9.17, 15) is 10.4 Å². The highest BCUT2D eigenvalue weighted by atomic mass is 35.5. The van der Waals surface area contributed by atoms with Crippen LogP contribution in [0.2, 0.25) is 5.02 Å². The van der Waals surface area contributed by atoms with Crippen LogP contribution in [0, 0.1) is 23.0 Å². The molecule has 2 aliphatic carbocycles. The number of hydrogen-bond acceptors (Lipinski definition) is 5. The van der Waals surface area contributed by atoms with Gasteiger partial charge in [-0.05, 0) is 50.7 Å². The van der Waals surface area contributed by atoms with Crippen molar-refractivity contribution >= 4 is 11.6 Å². The van der Waals surface area contributed by atoms with Crippen LogP contribution < -0.4 is 14.8 Å². The Labute approximate surface area is 243 Å². The fraction of sp³-hybridized carbons (Fsp3) is 0.424. The average molecular weight is 577 g/mol. The second kappa shape index (κ2) is 9.42. The molecule has 0 spiro atoms. The van der Waals surface area contributed by atoms with Gasteiger partial charge in [0.25, 0.3) is 0 Å². The van der Waals surface area contributed by atoms with Crippen molar-refractivity contribution in [2.45, 2.75) is 81.1 Å². The van der Waals surface area contributed by atoms with Gasteiger partial charge in [-0.3, -0.25) is 0 Å². The normalized spacial score (nSPS) is 31.0. The van der Waals surface area contributed by atoms with Crippen LogP contribution in [-0.2, 0) is 5.60 Å². The van der Waals surface area contributed by atoms with Crippen LogP contribution >= 0.6 is 11.6 Å². The Morgan fingerprint density at radius 3 is 2.54 bits per heavy atom. The molecule has 5 nitrogen and oxygen atoms in total. The van der Waals surface area contributed by atoms with Gasteiger partial charge in [0.2, 0.25) is 0 Å². The molecule has 3 aromatic rings. The summed E-state index contributed by atoms with van der Waals surface area (Å²) in [5, 5.41) is 23.9. The van der Waals surface area contributed by atoms with Gasteiger partial charge >= 0.3 is 0 Å². The van der Waals surface area contributed by atoms with Crippen molar-refractivity contribution in [3.8, 4) is 28.7 Å². The van der Waals surface area contributed by atoms with Gasteiger partial charge in [0.1, 0.15) is 35.3 Å². The quantitative estimate of drug-likeness (QED) is 0.339. The zero-order chi connectivity index (χ0) is 28.7. The van der Waals surface area contributed by atoms with Gasteiger partial charge < -0.3 is 19.9 Å². The SMILES string of the molecule is C[C@H]1c2c(cc(F)c(Cl)c2-c2c(C#N)cc3c(c2F)C2CC2O3)O[C@]1(CNC1CCC(C)(O)CC1)c1ccccc1. The van der Waals surface area contributed by atoms with Gasteiger partial charge in [-0.15, -0.1) is 0 Å². The Kier molecular flexibility index (Phi) is 6.13. The lowest BCUT2D eigenvalue weighted by Crippen LogP contribution is -2.49. The molecule has 2 unspecified atom stereocenters. The minimum absolute atomic E-state index is 0.00457. The summed E-state index contributed by atoms with van der Waals surface area (Å²) >= 11 is 6.66. The number of nitrogens with one attached hydrogen (secondary N) is 1. The number of halogens is 3. The Hall–Kier alpha value is -3.18. The molecule has 4 atom stereocenters. The molecule has 212 valence electrons. The zero-order valence-electron chi connectivity index (χ0n) is 22.9. The molecule has 2 N–H and O–H groups in total. The largest absolute Gasteiger partial charge is 0.489 e. The number of fused-ring (bicyclic) bond motifs is 4. The minimum atomic E-state index is -0.944. The van der Waals surface area contributed by atoms with Gasteiger partial charge in [0.05, 0.1) is 16.2 Å². The highest BCUT2D eigenvalue weighted by molar-refractivity contribution is 6.34. The Balaban J connectivity index is 1.35. The third-order valence-electron chi connectivity index (χ3n) is 9.64. The highest BCUT2D eigenvalue weighted by Crippen LogP contribution is 2.59. The second-order valence-electron chi connectivity index (χ2n) is 12.3. The second-order valence-corrected chi connectivity index (χ2v) is 12.7. The average Bonchev–Trinajstić information content (AvgIpc) is 3.53. The maximum Gasteiger partial charge on any atom is 0.153 e. The number of nitrogens with zero attached hydrogens (tertiary/aromatic N) is 1. The predicted molar refractivity (Wildman–Crippen MR) is 151 cm³/mol. The van der Waals surface area contributed by atoms with Crippen molar-refractivity contribution in [1.82, 2.24) is 5.32 Å². The molecular weight excluding hydrogens is 546 g/mol. The first-order chi connectivity index (χ1) is 19.6. The van der Waals surface area contributed by atoms with Crippen molar-refractivity contribution in [2.24, 2.45) is 0 Å². The molecule has 41 heavy (non-hydrogen) atoms. The lowest BCUT2D eigenvalue weighted by atomic mass is 9.76. The number of ether oxygens (including phenoxy) is 2. The standard InChI is InChI=1S/C33H31ClF2N2O3/c1-17-26-25(41-33(17,19-6-4-3-5-7-19)16-38-20-8-10-32(2,39)11-9-20)14-22(35)30(34)29(26)27-18(15-37)12-24-28(31(27)36)21-13-23(21)40-24/h3-7,12,14,17,20-21,23,38-39H,8-11,13,16H2,1-2H3/t17-,20?,21?,23?,32?,33-/m0/s1. The monoisotopic (exact) mass is 576 g/mol. The van der Waals surface area contributed by atoms with Crippen molar-refractivity contribution in [2.75, 3.05) is 6.54 Å². The molecule has 3 aromatic carbocycles. The smallest absolute Gasteiger partial charge is 0.153 e. The molecule has 0 amide bonds. The summed E-state index contributed by atoms with van der Waals surface area (Å²) in [4.78, 5) is 0. The van der Waals surface area contributed by atoms with E-state index >= 15 is 8.78 Å². The lowest BCUT2D eigenvalue weighted by molar-refractivity contribution is 0.00890. The molecule has 0 radical (unpaired) electrons. The molecule has 8 heteroatoms. The first-order valence-electron chi connectivity index (χ1n) is 14.3. The maximum atomic E-state index is 16.4. The van der Waals surface area contributed by atoms with Gasteiger partial charge in [-0.25, -0.2) is 8.78 Å². The predicted octanol–water partition coefficient (Wildman–Crippen LogP) is 7.08. The Morgan fingerprint density at radius 1 is 1.10 bits per heavy atom. The Bertz CT molecular complexity index is 1590. The van der Waals surface area contributed by atoms with Crippen LogP contribution in [0.3, 0.4) is 0 Å². The Morgan fingerprint density at radius 2 is 1.83 bits per heavy atom. The molecule has 0 saturated heterocycles. The number of benzene rings is 3. The van der Waals surface area contributed by atoms with Gasteiger partial charge in [0, 0.05) is 52.7 Å². The molecule has 4 aliphatic rings. The van der Waals surface area contributed by atoms with Crippen LogP contribution in [0.5, 0.6) is 11.5 Å². The van der Waals surface area contributed by atoms with Gasteiger partial charge in [-0.1, -0.05) is 48.9 Å². The minimum Gasteiger partial charge on any atom is -0.489 e. The van der Waals surface area contributed by atoms with Gasteiger partial charge in [-0.2, -0.15) is 5.26 Å². The lowest BCUT2D eigenvalue weighted by Gasteiger charge is -2.38. The van der Waals surface area contributed by atoms with E-state index in [1.54, 1.807) is 6.07 Å². The zero-order valence-corrected chi connectivity index (χ0v) is 23.7. The molecule has 2 aliphatic heterocycles. The van der Waals surface area contributed by atoms with E-state index in [4.69, 9.17) is 21.1 Å². The van der Waals surface area contributed by atoms with Crippen molar-refractivity contribution in [3.63, 3.8) is 0 Å². The molecule has 2 saturated carbocycles. The first-order valence-corrected chi connectivity index (χ1v) is 14.7. The molecular formula is C33H31ClF2N2O3. The van der Waals surface area contributed by atoms with Crippen LogP contribution in [0.15, 0.2) is 42.5 Å². The third-order valence-corrected chi connectivity index (χ3v) is 10.0. The summed E-state index contributed by atoms with van der Waals surface area (Å²) < 4.78 is 44.4. The van der Waals surface area contributed by atoms with Crippen LogP contribution in [-0.4, -0.2) is 29.4 Å². The van der Waals surface area contributed by atoms with Gasteiger partial charge in [0.15, 0.2) is 5.60 Å². The highest BCUT2D eigenvalue weighted by Gasteiger charge is 2.53. The fourth-order valence-electron chi connectivity index (χ4n) is 7.14. The molecule has 2 fully saturated rings.